The quantitative estimate of drug-likeness (QED) is 0.767. The molecule has 1 atom stereocenters. The second-order valence-electron chi connectivity index (χ2n) is 5.64. The highest BCUT2D eigenvalue weighted by Crippen LogP contribution is 2.28. The molecule has 1 heterocycles. The first kappa shape index (κ1) is 13.8. The molecule has 3 rings (SSSR count). The molecule has 3 aromatic rings. The highest BCUT2D eigenvalue weighted by molar-refractivity contribution is 5.82. The third kappa shape index (κ3) is 2.67. The Bertz CT molecular complexity index is 742. The fraction of sp³-hybridized carbons (Fsp3) is 0.211. The van der Waals surface area contributed by atoms with Crippen LogP contribution in [0.1, 0.15) is 42.6 Å². The molecule has 0 aliphatic heterocycles. The number of aliphatic hydroxyl groups is 1. The maximum absolute atomic E-state index is 10.7. The Balaban J connectivity index is 2.02. The molecule has 0 aliphatic rings. The van der Waals surface area contributed by atoms with Gasteiger partial charge in [0.2, 0.25) is 0 Å². The van der Waals surface area contributed by atoms with Crippen LogP contribution in [0.4, 0.5) is 0 Å². The number of rotatable bonds is 3. The molecule has 0 saturated carbocycles. The summed E-state index contributed by atoms with van der Waals surface area (Å²) in [5.41, 5.74) is 4.01. The molecular weight excluding hydrogens is 258 g/mol. The number of hydrogen-bond acceptors (Lipinski definition) is 2. The Morgan fingerprint density at radius 2 is 1.52 bits per heavy atom. The smallest absolute Gasteiger partial charge is 0.105 e. The summed E-state index contributed by atoms with van der Waals surface area (Å²) >= 11 is 0. The number of fused-ring (bicyclic) bond motifs is 1. The Morgan fingerprint density at radius 3 is 2.24 bits per heavy atom. The number of benzene rings is 2. The first-order valence-electron chi connectivity index (χ1n) is 7.28. The molecule has 106 valence electrons. The van der Waals surface area contributed by atoms with Crippen molar-refractivity contribution in [2.75, 3.05) is 0 Å². The van der Waals surface area contributed by atoms with Gasteiger partial charge in [0.15, 0.2) is 0 Å². The van der Waals surface area contributed by atoms with Crippen molar-refractivity contribution in [1.82, 2.24) is 4.98 Å². The van der Waals surface area contributed by atoms with Crippen molar-refractivity contribution < 1.29 is 5.11 Å². The van der Waals surface area contributed by atoms with E-state index in [1.165, 1.54) is 5.56 Å². The lowest BCUT2D eigenvalue weighted by molar-refractivity contribution is 0.222. The van der Waals surface area contributed by atoms with Gasteiger partial charge in [-0.15, -0.1) is 0 Å². The van der Waals surface area contributed by atoms with Crippen molar-refractivity contribution in [3.05, 3.63) is 77.5 Å². The average Bonchev–Trinajstić information content (AvgIpc) is 2.53. The molecule has 21 heavy (non-hydrogen) atoms. The van der Waals surface area contributed by atoms with Crippen LogP contribution in [0.25, 0.3) is 10.9 Å². The third-order valence-corrected chi connectivity index (χ3v) is 3.90. The van der Waals surface area contributed by atoms with Gasteiger partial charge in [-0.2, -0.15) is 0 Å². The van der Waals surface area contributed by atoms with Crippen molar-refractivity contribution in [3.63, 3.8) is 0 Å². The summed E-state index contributed by atoms with van der Waals surface area (Å²) in [6.07, 6.45) is 1.13. The number of pyridine rings is 1. The van der Waals surface area contributed by atoms with E-state index in [0.717, 1.165) is 22.0 Å². The van der Waals surface area contributed by atoms with Crippen LogP contribution in [0, 0.1) is 0 Å². The predicted molar refractivity (Wildman–Crippen MR) is 86.3 cm³/mol. The van der Waals surface area contributed by atoms with E-state index in [9.17, 15) is 5.11 Å². The molecule has 0 fully saturated rings. The van der Waals surface area contributed by atoms with E-state index in [4.69, 9.17) is 0 Å². The number of para-hydroxylation sites is 1. The van der Waals surface area contributed by atoms with E-state index in [1.54, 1.807) is 6.20 Å². The second-order valence-corrected chi connectivity index (χ2v) is 5.64. The molecular formula is C19H19NO. The molecule has 2 heteroatoms. The summed E-state index contributed by atoms with van der Waals surface area (Å²) in [4.78, 5) is 4.34. The van der Waals surface area contributed by atoms with Gasteiger partial charge in [0, 0.05) is 11.6 Å². The highest BCUT2D eigenvalue weighted by atomic mass is 16.3. The van der Waals surface area contributed by atoms with Crippen molar-refractivity contribution in [2.45, 2.75) is 25.9 Å². The Hall–Kier alpha value is -2.19. The molecule has 0 bridgehead atoms. The molecule has 0 spiro atoms. The Labute approximate surface area is 125 Å². The van der Waals surface area contributed by atoms with Crippen LogP contribution in [-0.4, -0.2) is 10.1 Å². The average molecular weight is 277 g/mol. The monoisotopic (exact) mass is 277 g/mol. The zero-order chi connectivity index (χ0) is 14.8. The highest BCUT2D eigenvalue weighted by Gasteiger charge is 2.14. The van der Waals surface area contributed by atoms with Gasteiger partial charge in [-0.05, 0) is 34.7 Å². The van der Waals surface area contributed by atoms with Crippen LogP contribution >= 0.6 is 0 Å². The number of hydrogen-bond donors (Lipinski definition) is 1. The lowest BCUT2D eigenvalue weighted by Crippen LogP contribution is -2.01. The fourth-order valence-corrected chi connectivity index (χ4v) is 2.60. The van der Waals surface area contributed by atoms with Crippen molar-refractivity contribution >= 4 is 10.9 Å². The minimum Gasteiger partial charge on any atom is -0.384 e. The largest absolute Gasteiger partial charge is 0.384 e. The lowest BCUT2D eigenvalue weighted by atomic mass is 9.95. The van der Waals surface area contributed by atoms with Crippen molar-refractivity contribution in [2.24, 2.45) is 0 Å². The molecule has 0 saturated heterocycles. The van der Waals surface area contributed by atoms with E-state index >= 15 is 0 Å². The van der Waals surface area contributed by atoms with Crippen LogP contribution in [-0.2, 0) is 0 Å². The van der Waals surface area contributed by atoms with Crippen molar-refractivity contribution in [3.8, 4) is 0 Å². The van der Waals surface area contributed by atoms with E-state index in [0.29, 0.717) is 5.92 Å². The molecule has 0 aliphatic carbocycles. The number of nitrogens with zero attached hydrogens (tertiary/aromatic N) is 1. The summed E-state index contributed by atoms with van der Waals surface area (Å²) in [6.45, 7) is 4.34. The Morgan fingerprint density at radius 1 is 0.857 bits per heavy atom. The Kier molecular flexibility index (Phi) is 3.72. The zero-order valence-electron chi connectivity index (χ0n) is 12.3. The van der Waals surface area contributed by atoms with E-state index in [2.05, 4.69) is 31.0 Å². The minimum atomic E-state index is -0.626. The van der Waals surface area contributed by atoms with Crippen LogP contribution < -0.4 is 0 Å². The van der Waals surface area contributed by atoms with Gasteiger partial charge in [0.25, 0.3) is 0 Å². The van der Waals surface area contributed by atoms with E-state index in [-0.39, 0.29) is 0 Å². The lowest BCUT2D eigenvalue weighted by Gasteiger charge is -2.15. The summed E-state index contributed by atoms with van der Waals surface area (Å²) in [7, 11) is 0. The second kappa shape index (κ2) is 5.66. The first-order chi connectivity index (χ1) is 10.2. The molecule has 1 N–H and O–H groups in total. The van der Waals surface area contributed by atoms with Gasteiger partial charge in [0.1, 0.15) is 6.10 Å². The maximum Gasteiger partial charge on any atom is 0.105 e. The van der Waals surface area contributed by atoms with Crippen LogP contribution in [0.5, 0.6) is 0 Å². The van der Waals surface area contributed by atoms with Crippen LogP contribution in [0.3, 0.4) is 0 Å². The van der Waals surface area contributed by atoms with Gasteiger partial charge in [-0.25, -0.2) is 0 Å². The molecule has 1 aromatic heterocycles. The normalized spacial score (nSPS) is 12.8. The zero-order valence-corrected chi connectivity index (χ0v) is 12.3. The first-order valence-corrected chi connectivity index (χ1v) is 7.28. The summed E-state index contributed by atoms with van der Waals surface area (Å²) in [5.74, 6) is 0.498. The fourth-order valence-electron chi connectivity index (χ4n) is 2.60. The van der Waals surface area contributed by atoms with Gasteiger partial charge < -0.3 is 5.11 Å². The minimum absolute atomic E-state index is 0.498. The summed E-state index contributed by atoms with van der Waals surface area (Å²) in [6, 6.07) is 18.0. The summed E-state index contributed by atoms with van der Waals surface area (Å²) in [5, 5.41) is 11.7. The topological polar surface area (TPSA) is 33.1 Å². The SMILES string of the molecule is CC(C)c1ccc(C(O)c2ccnc3ccccc23)cc1. The van der Waals surface area contributed by atoms with Crippen LogP contribution in [0.15, 0.2) is 60.8 Å². The van der Waals surface area contributed by atoms with E-state index in [1.807, 2.05) is 42.5 Å². The van der Waals surface area contributed by atoms with Crippen LogP contribution in [0.2, 0.25) is 0 Å². The number of aromatic nitrogens is 1. The standard InChI is InChI=1S/C19H19NO/c1-13(2)14-7-9-15(10-8-14)19(21)17-11-12-20-18-6-4-3-5-16(17)18/h3-13,19,21H,1-2H3. The molecule has 2 nitrogen and oxygen atoms in total. The molecule has 2 aromatic carbocycles. The van der Waals surface area contributed by atoms with Gasteiger partial charge >= 0.3 is 0 Å². The van der Waals surface area contributed by atoms with Gasteiger partial charge in [-0.1, -0.05) is 56.3 Å². The predicted octanol–water partition coefficient (Wildman–Crippen LogP) is 4.44. The number of aliphatic hydroxyl groups excluding tert-OH is 1. The van der Waals surface area contributed by atoms with E-state index < -0.39 is 6.10 Å². The van der Waals surface area contributed by atoms with Gasteiger partial charge in [-0.3, -0.25) is 4.98 Å². The molecule has 0 radical (unpaired) electrons. The summed E-state index contributed by atoms with van der Waals surface area (Å²) < 4.78 is 0. The molecule has 1 unspecified atom stereocenters. The van der Waals surface area contributed by atoms with Gasteiger partial charge in [0.05, 0.1) is 5.52 Å². The van der Waals surface area contributed by atoms with Crippen molar-refractivity contribution in [1.29, 1.82) is 0 Å². The maximum atomic E-state index is 10.7. The molecule has 0 amide bonds. The third-order valence-electron chi connectivity index (χ3n) is 3.90.